The Kier molecular flexibility index (Phi) is 4.38. The Morgan fingerprint density at radius 2 is 1.74 bits per heavy atom. The molecule has 0 unspecified atom stereocenters. The number of allylic oxidation sites excluding steroid dienone is 1. The number of methoxy groups -OCH3 is 1. The van der Waals surface area contributed by atoms with Crippen LogP contribution in [0.15, 0.2) is 53.0 Å². The fraction of sp³-hybridized carbons (Fsp3) is 0.0625. The lowest BCUT2D eigenvalue weighted by Gasteiger charge is -2.02. The summed E-state index contributed by atoms with van der Waals surface area (Å²) >= 11 is 3.39. The average Bonchev–Trinajstić information content (AvgIpc) is 2.47. The first-order valence-corrected chi connectivity index (χ1v) is 6.54. The average molecular weight is 314 g/mol. The summed E-state index contributed by atoms with van der Waals surface area (Å²) in [5.41, 5.74) is 2.51. The van der Waals surface area contributed by atoms with E-state index in [1.165, 1.54) is 0 Å². The number of nitriles is 1. The molecule has 0 bridgehead atoms. The minimum absolute atomic E-state index is 0.630. The van der Waals surface area contributed by atoms with Gasteiger partial charge in [0.2, 0.25) is 0 Å². The van der Waals surface area contributed by atoms with Crippen molar-refractivity contribution < 1.29 is 4.74 Å². The summed E-state index contributed by atoms with van der Waals surface area (Å²) in [7, 11) is 1.62. The Balaban J connectivity index is 2.33. The molecule has 19 heavy (non-hydrogen) atoms. The van der Waals surface area contributed by atoms with Crippen LogP contribution >= 0.6 is 15.9 Å². The van der Waals surface area contributed by atoms with Crippen LogP contribution in [-0.4, -0.2) is 7.11 Å². The van der Waals surface area contributed by atoms with Gasteiger partial charge in [0.1, 0.15) is 5.75 Å². The first-order valence-electron chi connectivity index (χ1n) is 5.75. The first-order chi connectivity index (χ1) is 9.22. The molecule has 0 aromatic heterocycles. The lowest BCUT2D eigenvalue weighted by molar-refractivity contribution is 0.415. The van der Waals surface area contributed by atoms with Gasteiger partial charge in [-0.1, -0.05) is 28.1 Å². The largest absolute Gasteiger partial charge is 0.497 e. The molecule has 2 rings (SSSR count). The van der Waals surface area contributed by atoms with Crippen LogP contribution in [0.4, 0.5) is 0 Å². The predicted molar refractivity (Wildman–Crippen MR) is 80.6 cm³/mol. The van der Waals surface area contributed by atoms with Gasteiger partial charge in [-0.25, -0.2) is 0 Å². The summed E-state index contributed by atoms with van der Waals surface area (Å²) in [6, 6.07) is 17.5. The Morgan fingerprint density at radius 1 is 1.11 bits per heavy atom. The van der Waals surface area contributed by atoms with Crippen LogP contribution in [0.2, 0.25) is 0 Å². The number of nitrogens with zero attached hydrogens (tertiary/aromatic N) is 1. The summed E-state index contributed by atoms with van der Waals surface area (Å²) in [4.78, 5) is 0. The van der Waals surface area contributed by atoms with Crippen molar-refractivity contribution in [3.8, 4) is 11.8 Å². The molecule has 2 aromatic rings. The second-order valence-electron chi connectivity index (χ2n) is 3.95. The highest BCUT2D eigenvalue weighted by Gasteiger charge is 2.01. The molecule has 3 heteroatoms. The molecule has 94 valence electrons. The van der Waals surface area contributed by atoms with Gasteiger partial charge in [-0.2, -0.15) is 5.26 Å². The summed E-state index contributed by atoms with van der Waals surface area (Å²) in [6.07, 6.45) is 1.87. The monoisotopic (exact) mass is 313 g/mol. The second-order valence-corrected chi connectivity index (χ2v) is 4.87. The molecule has 0 amide bonds. The zero-order valence-electron chi connectivity index (χ0n) is 10.4. The van der Waals surface area contributed by atoms with Gasteiger partial charge in [-0.3, -0.25) is 0 Å². The van der Waals surface area contributed by atoms with Gasteiger partial charge in [0.25, 0.3) is 0 Å². The second kappa shape index (κ2) is 6.21. The quantitative estimate of drug-likeness (QED) is 0.616. The van der Waals surface area contributed by atoms with E-state index in [-0.39, 0.29) is 0 Å². The Morgan fingerprint density at radius 3 is 2.26 bits per heavy atom. The van der Waals surface area contributed by atoms with Crippen molar-refractivity contribution in [1.29, 1.82) is 5.26 Å². The van der Waals surface area contributed by atoms with E-state index in [0.29, 0.717) is 5.57 Å². The molecule has 0 aliphatic rings. The molecule has 2 aromatic carbocycles. The van der Waals surface area contributed by atoms with E-state index in [4.69, 9.17) is 4.74 Å². The maximum Gasteiger partial charge on any atom is 0.118 e. The van der Waals surface area contributed by atoms with Crippen LogP contribution in [0.1, 0.15) is 11.1 Å². The van der Waals surface area contributed by atoms with Gasteiger partial charge in [-0.05, 0) is 53.6 Å². The summed E-state index contributed by atoms with van der Waals surface area (Å²) in [6.45, 7) is 0. The van der Waals surface area contributed by atoms with Gasteiger partial charge < -0.3 is 4.74 Å². The fourth-order valence-electron chi connectivity index (χ4n) is 1.68. The Bertz CT molecular complexity index is 621. The highest BCUT2D eigenvalue weighted by Crippen LogP contribution is 2.21. The minimum atomic E-state index is 0.630. The molecule has 0 saturated heterocycles. The lowest BCUT2D eigenvalue weighted by Crippen LogP contribution is -1.85. The predicted octanol–water partition coefficient (Wildman–Crippen LogP) is 4.52. The SMILES string of the molecule is COc1ccc(/C(C#N)=C/c2ccc(Br)cc2)cc1. The number of ether oxygens (including phenoxy) is 1. The Labute approximate surface area is 121 Å². The van der Waals surface area contributed by atoms with Gasteiger partial charge in [0.05, 0.1) is 18.8 Å². The zero-order chi connectivity index (χ0) is 13.7. The van der Waals surface area contributed by atoms with E-state index in [0.717, 1.165) is 21.3 Å². The van der Waals surface area contributed by atoms with E-state index in [1.54, 1.807) is 7.11 Å². The summed E-state index contributed by atoms with van der Waals surface area (Å²) in [5.74, 6) is 0.782. The number of hydrogen-bond donors (Lipinski definition) is 0. The van der Waals surface area contributed by atoms with Crippen molar-refractivity contribution in [2.24, 2.45) is 0 Å². The maximum atomic E-state index is 9.26. The van der Waals surface area contributed by atoms with Crippen molar-refractivity contribution >= 4 is 27.6 Å². The van der Waals surface area contributed by atoms with Gasteiger partial charge in [0.15, 0.2) is 0 Å². The molecule has 2 nitrogen and oxygen atoms in total. The standard InChI is InChI=1S/C16H12BrNO/c1-19-16-8-4-13(5-9-16)14(11-18)10-12-2-6-15(17)7-3-12/h2-10H,1H3/b14-10+. The van der Waals surface area contributed by atoms with Crippen LogP contribution in [0.3, 0.4) is 0 Å². The molecule has 0 spiro atoms. The number of rotatable bonds is 3. The summed E-state index contributed by atoms with van der Waals surface area (Å²) in [5, 5.41) is 9.26. The number of benzene rings is 2. The molecule has 0 fully saturated rings. The molecule has 0 radical (unpaired) electrons. The molecule has 0 aliphatic heterocycles. The topological polar surface area (TPSA) is 33.0 Å². The van der Waals surface area contributed by atoms with E-state index in [9.17, 15) is 5.26 Å². The molecule has 0 aliphatic carbocycles. The van der Waals surface area contributed by atoms with E-state index < -0.39 is 0 Å². The first kappa shape index (κ1) is 13.4. The number of hydrogen-bond acceptors (Lipinski definition) is 2. The maximum absolute atomic E-state index is 9.26. The van der Waals surface area contributed by atoms with Crippen LogP contribution in [0.5, 0.6) is 5.75 Å². The van der Waals surface area contributed by atoms with Crippen LogP contribution in [0, 0.1) is 11.3 Å². The van der Waals surface area contributed by atoms with E-state index >= 15 is 0 Å². The normalized spacial score (nSPS) is 10.9. The smallest absolute Gasteiger partial charge is 0.118 e. The van der Waals surface area contributed by atoms with Crippen LogP contribution in [0.25, 0.3) is 11.6 Å². The highest BCUT2D eigenvalue weighted by atomic mass is 79.9. The third-order valence-electron chi connectivity index (χ3n) is 2.70. The van der Waals surface area contributed by atoms with Gasteiger partial charge in [0, 0.05) is 4.47 Å². The molecule has 0 atom stereocenters. The van der Waals surface area contributed by atoms with Crippen molar-refractivity contribution in [3.63, 3.8) is 0 Å². The molecular weight excluding hydrogens is 302 g/mol. The third-order valence-corrected chi connectivity index (χ3v) is 3.23. The van der Waals surface area contributed by atoms with Crippen LogP contribution in [-0.2, 0) is 0 Å². The molecular formula is C16H12BrNO. The van der Waals surface area contributed by atoms with Crippen LogP contribution < -0.4 is 4.74 Å². The van der Waals surface area contributed by atoms with Crippen molar-refractivity contribution in [1.82, 2.24) is 0 Å². The lowest BCUT2D eigenvalue weighted by atomic mass is 10.0. The minimum Gasteiger partial charge on any atom is -0.497 e. The fourth-order valence-corrected chi connectivity index (χ4v) is 1.94. The summed E-state index contributed by atoms with van der Waals surface area (Å²) < 4.78 is 6.13. The van der Waals surface area contributed by atoms with Crippen molar-refractivity contribution in [2.75, 3.05) is 7.11 Å². The molecule has 0 N–H and O–H groups in total. The van der Waals surface area contributed by atoms with Crippen molar-refractivity contribution in [2.45, 2.75) is 0 Å². The Hall–Kier alpha value is -2.05. The highest BCUT2D eigenvalue weighted by molar-refractivity contribution is 9.10. The van der Waals surface area contributed by atoms with Crippen molar-refractivity contribution in [3.05, 3.63) is 64.1 Å². The van der Waals surface area contributed by atoms with E-state index in [2.05, 4.69) is 22.0 Å². The van der Waals surface area contributed by atoms with E-state index in [1.807, 2.05) is 54.6 Å². The molecule has 0 heterocycles. The zero-order valence-corrected chi connectivity index (χ0v) is 12.0. The van der Waals surface area contributed by atoms with Gasteiger partial charge >= 0.3 is 0 Å². The molecule has 0 saturated carbocycles. The van der Waals surface area contributed by atoms with Gasteiger partial charge in [-0.15, -0.1) is 0 Å². The third kappa shape index (κ3) is 3.46. The number of halogens is 1.